The molecule has 0 aliphatic carbocycles. The van der Waals surface area contributed by atoms with Crippen molar-refractivity contribution in [3.8, 4) is 11.8 Å². The first kappa shape index (κ1) is 10.4. The summed E-state index contributed by atoms with van der Waals surface area (Å²) in [5.41, 5.74) is 1.05. The summed E-state index contributed by atoms with van der Waals surface area (Å²) in [6, 6.07) is 9.31. The number of rotatable bonds is 1. The molecule has 0 saturated heterocycles. The first-order valence-electron chi connectivity index (χ1n) is 4.38. The normalized spacial score (nSPS) is 9.44. The Labute approximate surface area is 101 Å². The summed E-state index contributed by atoms with van der Waals surface area (Å²) in [6.07, 6.45) is 1.40. The predicted molar refractivity (Wildman–Crippen MR) is 62.2 cm³/mol. The van der Waals surface area contributed by atoms with Crippen LogP contribution in [0, 0.1) is 17.9 Å². The van der Waals surface area contributed by atoms with Gasteiger partial charge in [0, 0.05) is 4.47 Å². The van der Waals surface area contributed by atoms with E-state index in [0.29, 0.717) is 0 Å². The summed E-state index contributed by atoms with van der Waals surface area (Å²) in [4.78, 5) is 3.32. The molecule has 2 rings (SSSR count). The Morgan fingerprint density at radius 2 is 2.06 bits per heavy atom. The minimum atomic E-state index is 0.241. The Kier molecular flexibility index (Phi) is 2.72. The summed E-state index contributed by atoms with van der Waals surface area (Å²) in [5, 5.41) is 12.8. The highest BCUT2D eigenvalue weighted by Crippen LogP contribution is 2.23. The van der Waals surface area contributed by atoms with Gasteiger partial charge in [0.15, 0.2) is 0 Å². The molecule has 0 N–H and O–H groups in total. The van der Waals surface area contributed by atoms with Crippen molar-refractivity contribution in [2.24, 2.45) is 0 Å². The number of hydrogen-bond donors (Lipinski definition) is 0. The molecule has 4 nitrogen and oxygen atoms in total. The molecule has 0 saturated carbocycles. The van der Waals surface area contributed by atoms with Crippen molar-refractivity contribution >= 4 is 21.7 Å². The van der Waals surface area contributed by atoms with E-state index in [0.717, 1.165) is 10.2 Å². The Bertz CT molecular complexity index is 598. The van der Waals surface area contributed by atoms with Crippen LogP contribution in [0.4, 0.5) is 5.82 Å². The number of nitriles is 1. The molecule has 2 aromatic rings. The molecular formula is C11H5BrN4. The van der Waals surface area contributed by atoms with E-state index < -0.39 is 0 Å². The lowest BCUT2D eigenvalue weighted by molar-refractivity contribution is 0.895. The summed E-state index contributed by atoms with van der Waals surface area (Å²) in [6.45, 7) is 7.04. The molecule has 0 radical (unpaired) electrons. The highest BCUT2D eigenvalue weighted by Gasteiger charge is 2.13. The maximum absolute atomic E-state index is 8.80. The molecule has 1 aromatic carbocycles. The zero-order valence-corrected chi connectivity index (χ0v) is 9.64. The first-order chi connectivity index (χ1) is 7.76. The van der Waals surface area contributed by atoms with Crippen LogP contribution < -0.4 is 0 Å². The predicted octanol–water partition coefficient (Wildman–Crippen LogP) is 3.06. The third-order valence-corrected chi connectivity index (χ3v) is 2.57. The van der Waals surface area contributed by atoms with Crippen molar-refractivity contribution in [3.63, 3.8) is 0 Å². The molecule has 1 heterocycles. The molecule has 5 heteroatoms. The minimum absolute atomic E-state index is 0.241. The van der Waals surface area contributed by atoms with Crippen LogP contribution in [-0.4, -0.2) is 9.78 Å². The third kappa shape index (κ3) is 1.69. The fourth-order valence-electron chi connectivity index (χ4n) is 1.30. The summed E-state index contributed by atoms with van der Waals surface area (Å²) < 4.78 is 2.41. The number of nitrogens with zero attached hydrogens (tertiary/aromatic N) is 4. The van der Waals surface area contributed by atoms with Gasteiger partial charge in [0.05, 0.1) is 17.8 Å². The lowest BCUT2D eigenvalue weighted by atomic mass is 10.3. The number of benzene rings is 1. The Hall–Kier alpha value is -2.11. The summed E-state index contributed by atoms with van der Waals surface area (Å²) >= 11 is 3.33. The van der Waals surface area contributed by atoms with Crippen molar-refractivity contribution in [1.82, 2.24) is 9.78 Å². The highest BCUT2D eigenvalue weighted by atomic mass is 79.9. The third-order valence-electron chi connectivity index (χ3n) is 2.04. The fraction of sp³-hybridized carbons (Fsp3) is 0. The average molecular weight is 273 g/mol. The quantitative estimate of drug-likeness (QED) is 0.749. The van der Waals surface area contributed by atoms with Gasteiger partial charge in [-0.3, -0.25) is 0 Å². The van der Waals surface area contributed by atoms with Gasteiger partial charge in [-0.2, -0.15) is 9.94 Å². The molecule has 0 aliphatic rings. The van der Waals surface area contributed by atoms with E-state index in [1.807, 2.05) is 30.3 Å². The summed E-state index contributed by atoms with van der Waals surface area (Å²) in [7, 11) is 0. The molecule has 0 atom stereocenters. The van der Waals surface area contributed by atoms with E-state index in [-0.39, 0.29) is 11.4 Å². The molecule has 0 bridgehead atoms. The maximum atomic E-state index is 8.80. The van der Waals surface area contributed by atoms with E-state index in [1.54, 1.807) is 0 Å². The minimum Gasteiger partial charge on any atom is -0.361 e. The molecule has 16 heavy (non-hydrogen) atoms. The van der Waals surface area contributed by atoms with E-state index in [9.17, 15) is 0 Å². The van der Waals surface area contributed by atoms with Gasteiger partial charge in [-0.15, -0.1) is 5.10 Å². The zero-order chi connectivity index (χ0) is 11.5. The Morgan fingerprint density at radius 1 is 1.38 bits per heavy atom. The molecule has 0 amide bonds. The molecule has 76 valence electrons. The molecule has 1 aromatic heterocycles. The lowest BCUT2D eigenvalue weighted by Gasteiger charge is -1.99. The van der Waals surface area contributed by atoms with Gasteiger partial charge in [0.1, 0.15) is 5.69 Å². The highest BCUT2D eigenvalue weighted by molar-refractivity contribution is 9.10. The molecule has 0 spiro atoms. The van der Waals surface area contributed by atoms with Gasteiger partial charge >= 0.3 is 0 Å². The number of aromatic nitrogens is 2. The van der Waals surface area contributed by atoms with Crippen LogP contribution in [0.25, 0.3) is 10.5 Å². The van der Waals surface area contributed by atoms with Crippen molar-refractivity contribution in [3.05, 3.63) is 51.9 Å². The standard InChI is InChI=1S/C11H5BrN4/c1-14-11-8(6-13)7-15-16(11)10-4-2-9(12)3-5-10/h2-5,7H. The smallest absolute Gasteiger partial charge is 0.275 e. The second-order valence-electron chi connectivity index (χ2n) is 2.99. The molecular weight excluding hydrogens is 268 g/mol. The van der Waals surface area contributed by atoms with Crippen molar-refractivity contribution in [2.45, 2.75) is 0 Å². The van der Waals surface area contributed by atoms with E-state index in [4.69, 9.17) is 11.8 Å². The maximum Gasteiger partial charge on any atom is 0.275 e. The van der Waals surface area contributed by atoms with Crippen molar-refractivity contribution in [2.75, 3.05) is 0 Å². The average Bonchev–Trinajstić information content (AvgIpc) is 2.72. The lowest BCUT2D eigenvalue weighted by Crippen LogP contribution is -1.94. The van der Waals surface area contributed by atoms with Crippen molar-refractivity contribution < 1.29 is 0 Å². The van der Waals surface area contributed by atoms with Crippen LogP contribution in [-0.2, 0) is 0 Å². The first-order valence-corrected chi connectivity index (χ1v) is 5.17. The molecule has 0 fully saturated rings. The van der Waals surface area contributed by atoms with E-state index in [2.05, 4.69) is 25.9 Å². The fourth-order valence-corrected chi connectivity index (χ4v) is 1.56. The van der Waals surface area contributed by atoms with E-state index in [1.165, 1.54) is 10.9 Å². The molecule has 0 aliphatic heterocycles. The molecule has 0 unspecified atom stereocenters. The van der Waals surface area contributed by atoms with Crippen molar-refractivity contribution in [1.29, 1.82) is 5.26 Å². The van der Waals surface area contributed by atoms with Gasteiger partial charge in [-0.1, -0.05) is 22.5 Å². The topological polar surface area (TPSA) is 46.0 Å². The number of halogens is 1. The van der Waals surface area contributed by atoms with Crippen LogP contribution in [0.15, 0.2) is 34.9 Å². The zero-order valence-electron chi connectivity index (χ0n) is 8.05. The monoisotopic (exact) mass is 272 g/mol. The van der Waals surface area contributed by atoms with Crippen LogP contribution in [0.1, 0.15) is 5.56 Å². The largest absolute Gasteiger partial charge is 0.361 e. The second-order valence-corrected chi connectivity index (χ2v) is 3.91. The Morgan fingerprint density at radius 3 is 2.62 bits per heavy atom. The van der Waals surface area contributed by atoms with E-state index >= 15 is 0 Å². The van der Waals surface area contributed by atoms with Gasteiger partial charge < -0.3 is 4.85 Å². The second kappa shape index (κ2) is 4.18. The SMILES string of the molecule is [C-]#[N+]c1c(C#N)cnn1-c1ccc(Br)cc1. The van der Waals surface area contributed by atoms with Gasteiger partial charge in [0.2, 0.25) is 0 Å². The number of hydrogen-bond acceptors (Lipinski definition) is 2. The Balaban J connectivity index is 2.58. The summed E-state index contributed by atoms with van der Waals surface area (Å²) in [5.74, 6) is 0.241. The van der Waals surface area contributed by atoms with Crippen LogP contribution in [0.2, 0.25) is 0 Å². The van der Waals surface area contributed by atoms with Crippen LogP contribution >= 0.6 is 15.9 Å². The van der Waals surface area contributed by atoms with Gasteiger partial charge in [0.25, 0.3) is 5.82 Å². The van der Waals surface area contributed by atoms with Crippen LogP contribution in [0.5, 0.6) is 0 Å². The van der Waals surface area contributed by atoms with Gasteiger partial charge in [-0.05, 0) is 24.3 Å². The van der Waals surface area contributed by atoms with Gasteiger partial charge in [-0.25, -0.2) is 0 Å². The van der Waals surface area contributed by atoms with Crippen LogP contribution in [0.3, 0.4) is 0 Å².